The Bertz CT molecular complexity index is 1140. The summed E-state index contributed by atoms with van der Waals surface area (Å²) in [5.74, 6) is -0.847. The predicted octanol–water partition coefficient (Wildman–Crippen LogP) is 3.23. The summed E-state index contributed by atoms with van der Waals surface area (Å²) in [7, 11) is 1.31. The number of carbonyl (C=O) groups excluding carboxylic acids is 1. The van der Waals surface area contributed by atoms with E-state index in [1.54, 1.807) is 6.07 Å². The molecular weight excluding hydrogens is 450 g/mol. The highest BCUT2D eigenvalue weighted by Gasteiger charge is 2.23. The van der Waals surface area contributed by atoms with Gasteiger partial charge < -0.3 is 20.1 Å². The van der Waals surface area contributed by atoms with Crippen LogP contribution >= 0.6 is 0 Å². The van der Waals surface area contributed by atoms with Crippen LogP contribution in [0, 0.1) is 5.92 Å². The number of halogens is 2. The second-order valence-corrected chi connectivity index (χ2v) is 7.93. The minimum Gasteiger partial charge on any atom is -0.493 e. The van der Waals surface area contributed by atoms with E-state index in [0.717, 1.165) is 12.5 Å². The van der Waals surface area contributed by atoms with Gasteiger partial charge in [0.15, 0.2) is 17.2 Å². The zero-order valence-electron chi connectivity index (χ0n) is 19.6. The Hall–Kier alpha value is -3.63. The molecule has 1 aromatic heterocycles. The number of para-hydroxylation sites is 1. The lowest BCUT2D eigenvalue weighted by molar-refractivity contribution is -0.114. The van der Waals surface area contributed by atoms with Crippen LogP contribution in [0.4, 0.5) is 20.3 Å². The molecule has 34 heavy (non-hydrogen) atoms. The number of aromatic amines is 1. The average Bonchev–Trinajstić information content (AvgIpc) is 2.77. The Morgan fingerprint density at radius 1 is 1.29 bits per heavy atom. The van der Waals surface area contributed by atoms with Crippen molar-refractivity contribution in [3.8, 4) is 11.5 Å². The Morgan fingerprint density at radius 3 is 2.59 bits per heavy atom. The fourth-order valence-corrected chi connectivity index (χ4v) is 3.32. The zero-order valence-corrected chi connectivity index (χ0v) is 19.6. The van der Waals surface area contributed by atoms with E-state index in [0.29, 0.717) is 6.42 Å². The van der Waals surface area contributed by atoms with E-state index >= 15 is 0 Å². The Morgan fingerprint density at radius 2 is 2.00 bits per heavy atom. The fraction of sp³-hybridized carbons (Fsp3) is 0.435. The van der Waals surface area contributed by atoms with Crippen molar-refractivity contribution in [3.05, 3.63) is 50.7 Å². The van der Waals surface area contributed by atoms with Crippen LogP contribution in [0.1, 0.15) is 39.2 Å². The summed E-state index contributed by atoms with van der Waals surface area (Å²) < 4.78 is 36.6. The molecular formula is C23H30F2N4O5. The number of hydrogen-bond acceptors (Lipinski definition) is 6. The number of nitrogens with zero attached hydrogens (tertiary/aromatic N) is 2. The van der Waals surface area contributed by atoms with E-state index in [4.69, 9.17) is 10.5 Å². The maximum Gasteiger partial charge on any atom is 0.387 e. The number of nitrogen functional groups attached to an aromatic ring is 1. The van der Waals surface area contributed by atoms with Gasteiger partial charge in [-0.1, -0.05) is 39.3 Å². The number of anilines is 2. The van der Waals surface area contributed by atoms with Crippen LogP contribution < -0.4 is 31.4 Å². The van der Waals surface area contributed by atoms with Crippen molar-refractivity contribution >= 4 is 23.5 Å². The summed E-state index contributed by atoms with van der Waals surface area (Å²) in [6.45, 7) is 2.99. The van der Waals surface area contributed by atoms with E-state index in [1.165, 1.54) is 34.8 Å². The summed E-state index contributed by atoms with van der Waals surface area (Å²) in [6, 6.07) is 4.48. The molecule has 0 aliphatic heterocycles. The predicted molar refractivity (Wildman–Crippen MR) is 126 cm³/mol. The first kappa shape index (κ1) is 26.6. The summed E-state index contributed by atoms with van der Waals surface area (Å²) in [5.41, 5.74) is 4.76. The van der Waals surface area contributed by atoms with E-state index in [9.17, 15) is 23.2 Å². The number of rotatable bonds is 11. The monoisotopic (exact) mass is 480 g/mol. The highest BCUT2D eigenvalue weighted by Crippen LogP contribution is 2.33. The largest absolute Gasteiger partial charge is 0.493 e. The van der Waals surface area contributed by atoms with Crippen LogP contribution in [0.5, 0.6) is 11.5 Å². The van der Waals surface area contributed by atoms with Crippen LogP contribution in [0.3, 0.4) is 0 Å². The number of aromatic nitrogens is 2. The van der Waals surface area contributed by atoms with Crippen molar-refractivity contribution in [1.82, 2.24) is 9.55 Å². The molecule has 1 amide bonds. The maximum atomic E-state index is 13.2. The van der Waals surface area contributed by atoms with Gasteiger partial charge in [-0.25, -0.2) is 4.79 Å². The number of unbranched alkanes of at least 4 members (excludes halogenated alkanes) is 1. The van der Waals surface area contributed by atoms with E-state index in [1.807, 2.05) is 20.8 Å². The van der Waals surface area contributed by atoms with Gasteiger partial charge in [-0.05, 0) is 24.5 Å². The first-order chi connectivity index (χ1) is 16.1. The smallest absolute Gasteiger partial charge is 0.387 e. The number of nitrogens with one attached hydrogen (secondary N) is 1. The number of alkyl halides is 2. The van der Waals surface area contributed by atoms with Gasteiger partial charge >= 0.3 is 12.3 Å². The third-order valence-corrected chi connectivity index (χ3v) is 4.87. The number of carbonyl (C=O) groups is 1. The quantitative estimate of drug-likeness (QED) is 0.477. The first-order valence-electron chi connectivity index (χ1n) is 10.8. The molecule has 2 aromatic rings. The van der Waals surface area contributed by atoms with Crippen molar-refractivity contribution in [3.63, 3.8) is 0 Å². The summed E-state index contributed by atoms with van der Waals surface area (Å²) in [5, 5.41) is 0. The van der Waals surface area contributed by atoms with Crippen LogP contribution in [0.2, 0.25) is 0 Å². The van der Waals surface area contributed by atoms with Crippen LogP contribution in [-0.4, -0.2) is 35.7 Å². The second-order valence-electron chi connectivity index (χ2n) is 7.93. The molecule has 186 valence electrons. The van der Waals surface area contributed by atoms with E-state index in [2.05, 4.69) is 9.72 Å². The van der Waals surface area contributed by atoms with Crippen molar-refractivity contribution in [2.24, 2.45) is 5.92 Å². The molecule has 0 unspecified atom stereocenters. The molecule has 1 aromatic carbocycles. The number of amides is 1. The molecule has 0 aliphatic rings. The number of methoxy groups -OCH3 is 1. The van der Waals surface area contributed by atoms with E-state index in [-0.39, 0.29) is 47.6 Å². The van der Waals surface area contributed by atoms with Crippen LogP contribution in [0.15, 0.2) is 33.9 Å². The number of hydrogen-bond donors (Lipinski definition) is 2. The highest BCUT2D eigenvalue weighted by atomic mass is 19.3. The lowest BCUT2D eigenvalue weighted by atomic mass is 10.1. The van der Waals surface area contributed by atoms with Gasteiger partial charge in [-0.15, -0.1) is 0 Å². The zero-order chi connectivity index (χ0) is 25.4. The molecule has 0 saturated heterocycles. The molecule has 0 spiro atoms. The van der Waals surface area contributed by atoms with Crippen molar-refractivity contribution in [1.29, 1.82) is 0 Å². The minimum atomic E-state index is -3.10. The van der Waals surface area contributed by atoms with Gasteiger partial charge in [0.1, 0.15) is 5.82 Å². The van der Waals surface area contributed by atoms with Crippen LogP contribution in [-0.2, 0) is 11.3 Å². The third-order valence-electron chi connectivity index (χ3n) is 4.87. The minimum absolute atomic E-state index is 0.0553. The standard InChI is InChI=1S/C23H30F2N4O5/c1-5-6-12-28(18-20(26)29(13-14(2)3)23(32)27-21(18)31)17(30)11-10-15-8-7-9-16(33-4)19(15)34-22(24)25/h7-11,14,22H,5-6,12-13,26H2,1-4H3,(H,27,31,32)/b11-10+. The molecule has 0 fully saturated rings. The Kier molecular flexibility index (Phi) is 9.40. The van der Waals surface area contributed by atoms with Gasteiger partial charge in [-0.3, -0.25) is 19.1 Å². The van der Waals surface area contributed by atoms with Gasteiger partial charge in [-0.2, -0.15) is 8.78 Å². The number of ether oxygens (including phenoxy) is 2. The van der Waals surface area contributed by atoms with Crippen molar-refractivity contribution in [2.75, 3.05) is 24.3 Å². The molecule has 9 nitrogen and oxygen atoms in total. The molecule has 0 atom stereocenters. The average molecular weight is 481 g/mol. The molecule has 3 N–H and O–H groups in total. The van der Waals surface area contributed by atoms with Crippen molar-refractivity contribution < 1.29 is 23.0 Å². The molecule has 0 radical (unpaired) electrons. The summed E-state index contributed by atoms with van der Waals surface area (Å²) in [4.78, 5) is 41.5. The molecule has 0 aliphatic carbocycles. The lowest BCUT2D eigenvalue weighted by Crippen LogP contribution is -2.41. The maximum absolute atomic E-state index is 13.2. The second kappa shape index (κ2) is 12.0. The fourth-order valence-electron chi connectivity index (χ4n) is 3.32. The Balaban J connectivity index is 2.53. The van der Waals surface area contributed by atoms with Gasteiger partial charge in [0.2, 0.25) is 0 Å². The number of H-pyrrole nitrogens is 1. The third kappa shape index (κ3) is 6.46. The normalized spacial score (nSPS) is 11.4. The Labute approximate surface area is 195 Å². The van der Waals surface area contributed by atoms with Crippen molar-refractivity contribution in [2.45, 2.75) is 46.8 Å². The topological polar surface area (TPSA) is 120 Å². The lowest BCUT2D eigenvalue weighted by Gasteiger charge is -2.24. The SMILES string of the molecule is CCCCN(C(=O)/C=C/c1cccc(OC)c1OC(F)F)c1c(N)n(CC(C)C)c(=O)[nH]c1=O. The van der Waals surface area contributed by atoms with Gasteiger partial charge in [0.05, 0.1) is 7.11 Å². The molecule has 0 bridgehead atoms. The van der Waals surface area contributed by atoms with Gasteiger partial charge in [0.25, 0.3) is 11.5 Å². The molecule has 0 saturated carbocycles. The highest BCUT2D eigenvalue weighted by molar-refractivity contribution is 6.05. The number of benzene rings is 1. The van der Waals surface area contributed by atoms with Crippen LogP contribution in [0.25, 0.3) is 6.08 Å². The molecule has 2 rings (SSSR count). The molecule has 11 heteroatoms. The van der Waals surface area contributed by atoms with Gasteiger partial charge in [0, 0.05) is 24.7 Å². The summed E-state index contributed by atoms with van der Waals surface area (Å²) >= 11 is 0. The first-order valence-corrected chi connectivity index (χ1v) is 10.8. The number of nitrogens with two attached hydrogens (primary N) is 1. The summed E-state index contributed by atoms with van der Waals surface area (Å²) in [6.07, 6.45) is 3.69. The van der Waals surface area contributed by atoms with E-state index < -0.39 is 23.8 Å². The molecule has 1 heterocycles.